The molecule has 0 spiro atoms. The normalized spacial score (nSPS) is 13.1. The van der Waals surface area contributed by atoms with Gasteiger partial charge in [-0.15, -0.1) is 0 Å². The number of rotatable bonds is 6. The fourth-order valence-corrected chi connectivity index (χ4v) is 2.52. The summed E-state index contributed by atoms with van der Waals surface area (Å²) >= 11 is 0. The summed E-state index contributed by atoms with van der Waals surface area (Å²) in [6.07, 6.45) is 0.863. The van der Waals surface area contributed by atoms with Gasteiger partial charge in [-0.3, -0.25) is 19.7 Å². The summed E-state index contributed by atoms with van der Waals surface area (Å²) in [5.74, 6) is -0.823. The third kappa shape index (κ3) is 6.67. The van der Waals surface area contributed by atoms with Crippen LogP contribution in [0.1, 0.15) is 56.7 Å². The molecule has 156 valence electrons. The molecular formula is C21H28N4O4. The molecule has 29 heavy (non-hydrogen) atoms. The number of carbonyl (C=O) groups is 3. The lowest BCUT2D eigenvalue weighted by Crippen LogP contribution is -2.46. The molecule has 0 aliphatic heterocycles. The van der Waals surface area contributed by atoms with Gasteiger partial charge in [-0.25, -0.2) is 4.79 Å². The summed E-state index contributed by atoms with van der Waals surface area (Å²) in [5, 5.41) is 5.36. The van der Waals surface area contributed by atoms with E-state index in [-0.39, 0.29) is 17.6 Å². The molecule has 1 aromatic carbocycles. The Balaban J connectivity index is 1.97. The molecule has 0 bridgehead atoms. The van der Waals surface area contributed by atoms with Gasteiger partial charge < -0.3 is 15.4 Å². The van der Waals surface area contributed by atoms with Crippen molar-refractivity contribution in [1.29, 1.82) is 0 Å². The van der Waals surface area contributed by atoms with Crippen LogP contribution in [0.2, 0.25) is 0 Å². The molecule has 2 atom stereocenters. The van der Waals surface area contributed by atoms with E-state index in [1.807, 2.05) is 37.3 Å². The number of hydrogen-bond acceptors (Lipinski definition) is 4. The van der Waals surface area contributed by atoms with E-state index >= 15 is 0 Å². The summed E-state index contributed by atoms with van der Waals surface area (Å²) in [4.78, 5) is 36.8. The smallest absolute Gasteiger partial charge is 0.408 e. The first kappa shape index (κ1) is 22.0. The molecule has 8 nitrogen and oxygen atoms in total. The lowest BCUT2D eigenvalue weighted by atomic mass is 10.1. The van der Waals surface area contributed by atoms with Crippen LogP contribution in [-0.4, -0.2) is 34.2 Å². The van der Waals surface area contributed by atoms with Crippen molar-refractivity contribution >= 4 is 17.9 Å². The van der Waals surface area contributed by atoms with Crippen LogP contribution in [0.15, 0.2) is 48.7 Å². The Morgan fingerprint density at radius 1 is 0.966 bits per heavy atom. The van der Waals surface area contributed by atoms with E-state index in [2.05, 4.69) is 16.1 Å². The van der Waals surface area contributed by atoms with Gasteiger partial charge in [0.25, 0.3) is 11.8 Å². The molecular weight excluding hydrogens is 372 g/mol. The van der Waals surface area contributed by atoms with Crippen LogP contribution in [0.3, 0.4) is 0 Å². The fourth-order valence-electron chi connectivity index (χ4n) is 2.52. The Kier molecular flexibility index (Phi) is 7.03. The van der Waals surface area contributed by atoms with Crippen LogP contribution < -0.4 is 16.1 Å². The number of nitrogens with one attached hydrogen (secondary N) is 3. The van der Waals surface area contributed by atoms with Crippen molar-refractivity contribution in [3.05, 3.63) is 59.9 Å². The number of benzene rings is 1. The van der Waals surface area contributed by atoms with Crippen molar-refractivity contribution in [2.75, 3.05) is 5.43 Å². The molecule has 0 aliphatic carbocycles. The Morgan fingerprint density at radius 3 is 2.24 bits per heavy atom. The number of carbonyl (C=O) groups excluding carboxylic acids is 3. The lowest BCUT2D eigenvalue weighted by molar-refractivity contribution is -0.118. The number of alkyl carbamates (subject to hydrolysis) is 1. The van der Waals surface area contributed by atoms with Gasteiger partial charge in [-0.2, -0.15) is 0 Å². The monoisotopic (exact) mass is 400 g/mol. The second kappa shape index (κ2) is 9.27. The predicted octanol–water partition coefficient (Wildman–Crippen LogP) is 2.96. The van der Waals surface area contributed by atoms with Crippen LogP contribution >= 0.6 is 0 Å². The Morgan fingerprint density at radius 2 is 1.62 bits per heavy atom. The quantitative estimate of drug-likeness (QED) is 0.694. The van der Waals surface area contributed by atoms with E-state index in [1.54, 1.807) is 39.1 Å². The van der Waals surface area contributed by atoms with Gasteiger partial charge in [-0.05, 0) is 52.3 Å². The van der Waals surface area contributed by atoms with Crippen molar-refractivity contribution < 1.29 is 19.1 Å². The number of aromatic nitrogens is 1. The molecule has 0 aliphatic rings. The van der Waals surface area contributed by atoms with Gasteiger partial charge in [0.15, 0.2) is 0 Å². The van der Waals surface area contributed by atoms with E-state index in [4.69, 9.17) is 4.74 Å². The van der Waals surface area contributed by atoms with Crippen LogP contribution in [0.5, 0.6) is 0 Å². The Hall–Kier alpha value is -3.29. The number of ether oxygens (including phenoxy) is 1. The molecule has 3 N–H and O–H groups in total. The third-order valence-electron chi connectivity index (χ3n) is 3.99. The van der Waals surface area contributed by atoms with Crippen molar-refractivity contribution in [2.24, 2.45) is 0 Å². The number of nitrogens with zero attached hydrogens (tertiary/aromatic N) is 1. The van der Waals surface area contributed by atoms with Gasteiger partial charge in [0.1, 0.15) is 17.3 Å². The van der Waals surface area contributed by atoms with Crippen LogP contribution in [0.25, 0.3) is 0 Å². The molecule has 0 saturated heterocycles. The lowest BCUT2D eigenvalue weighted by Gasteiger charge is -2.22. The second-order valence-corrected chi connectivity index (χ2v) is 7.71. The van der Waals surface area contributed by atoms with Gasteiger partial charge in [0.05, 0.1) is 6.04 Å². The molecule has 1 aromatic heterocycles. The summed E-state index contributed by atoms with van der Waals surface area (Å²) in [5.41, 5.74) is 3.17. The zero-order valence-corrected chi connectivity index (χ0v) is 17.4. The Labute approximate surface area is 170 Å². The highest BCUT2D eigenvalue weighted by atomic mass is 16.6. The summed E-state index contributed by atoms with van der Waals surface area (Å²) < 4.78 is 6.46. The Bertz CT molecular complexity index is 855. The maximum atomic E-state index is 12.6. The van der Waals surface area contributed by atoms with Crippen molar-refractivity contribution in [3.63, 3.8) is 0 Å². The molecule has 3 amide bonds. The first-order chi connectivity index (χ1) is 13.6. The molecule has 0 unspecified atom stereocenters. The average molecular weight is 400 g/mol. The molecule has 0 fully saturated rings. The molecule has 2 aromatic rings. The highest BCUT2D eigenvalue weighted by molar-refractivity contribution is 5.95. The van der Waals surface area contributed by atoms with E-state index < -0.39 is 23.6 Å². The van der Waals surface area contributed by atoms with Crippen molar-refractivity contribution in [3.8, 4) is 0 Å². The van der Waals surface area contributed by atoms with Crippen LogP contribution in [-0.2, 0) is 9.53 Å². The summed E-state index contributed by atoms with van der Waals surface area (Å²) in [6, 6.07) is 11.8. The van der Waals surface area contributed by atoms with Crippen molar-refractivity contribution in [1.82, 2.24) is 15.3 Å². The van der Waals surface area contributed by atoms with E-state index in [0.717, 1.165) is 5.56 Å². The van der Waals surface area contributed by atoms with Gasteiger partial charge in [0.2, 0.25) is 0 Å². The zero-order valence-electron chi connectivity index (χ0n) is 17.4. The molecule has 2 rings (SSSR count). The first-order valence-electron chi connectivity index (χ1n) is 9.40. The molecule has 1 heterocycles. The zero-order chi connectivity index (χ0) is 21.6. The van der Waals surface area contributed by atoms with E-state index in [1.165, 1.54) is 11.6 Å². The fraction of sp³-hybridized carbons (Fsp3) is 0.381. The molecule has 0 saturated carbocycles. The standard InChI is InChI=1S/C21H28N4O4/c1-14(16-10-7-6-8-11-16)22-19(27)17-12-9-13-25(17)24-18(26)15(2)23-20(28)29-21(3,4)5/h6-15H,1-5H3,(H,22,27)(H,23,28)(H,24,26)/t14-,15-/m0/s1. The number of amides is 3. The third-order valence-corrected chi connectivity index (χ3v) is 3.99. The minimum absolute atomic E-state index is 0.199. The number of hydrogen-bond donors (Lipinski definition) is 3. The van der Waals surface area contributed by atoms with Gasteiger partial charge >= 0.3 is 6.09 Å². The topological polar surface area (TPSA) is 101 Å². The summed E-state index contributed by atoms with van der Waals surface area (Å²) in [6.45, 7) is 8.61. The predicted molar refractivity (Wildman–Crippen MR) is 110 cm³/mol. The van der Waals surface area contributed by atoms with Crippen LogP contribution in [0.4, 0.5) is 4.79 Å². The first-order valence-corrected chi connectivity index (χ1v) is 9.40. The van der Waals surface area contributed by atoms with E-state index in [9.17, 15) is 14.4 Å². The highest BCUT2D eigenvalue weighted by Gasteiger charge is 2.22. The minimum Gasteiger partial charge on any atom is -0.444 e. The van der Waals surface area contributed by atoms with Gasteiger partial charge in [-0.1, -0.05) is 30.3 Å². The maximum Gasteiger partial charge on any atom is 0.408 e. The maximum absolute atomic E-state index is 12.6. The second-order valence-electron chi connectivity index (χ2n) is 7.71. The highest BCUT2D eigenvalue weighted by Crippen LogP contribution is 2.12. The van der Waals surface area contributed by atoms with E-state index in [0.29, 0.717) is 0 Å². The van der Waals surface area contributed by atoms with Crippen molar-refractivity contribution in [2.45, 2.75) is 52.3 Å². The average Bonchev–Trinajstić information content (AvgIpc) is 3.08. The van der Waals surface area contributed by atoms with Gasteiger partial charge in [0, 0.05) is 6.20 Å². The molecule has 0 radical (unpaired) electrons. The SMILES string of the molecule is C[C@H](NC(=O)OC(C)(C)C)C(=O)Nn1cccc1C(=O)N[C@@H](C)c1ccccc1. The van der Waals surface area contributed by atoms with Crippen LogP contribution in [0, 0.1) is 0 Å². The minimum atomic E-state index is -0.855. The largest absolute Gasteiger partial charge is 0.444 e. The summed E-state index contributed by atoms with van der Waals surface area (Å²) in [7, 11) is 0. The molecule has 8 heteroatoms.